The normalized spacial score (nSPS) is 19.0. The van der Waals surface area contributed by atoms with E-state index in [1.165, 1.54) is 0 Å². The zero-order valence-electron chi connectivity index (χ0n) is 22.2. The number of amides is 2. The maximum atomic E-state index is 12.9. The average Bonchev–Trinajstić information content (AvgIpc) is 3.65. The van der Waals surface area contributed by atoms with E-state index >= 15 is 0 Å². The first-order valence-electron chi connectivity index (χ1n) is 13.6. The van der Waals surface area contributed by atoms with Gasteiger partial charge in [0.2, 0.25) is 0 Å². The van der Waals surface area contributed by atoms with Crippen molar-refractivity contribution < 1.29 is 19.1 Å². The Labute approximate surface area is 231 Å². The van der Waals surface area contributed by atoms with E-state index in [4.69, 9.17) is 9.47 Å². The summed E-state index contributed by atoms with van der Waals surface area (Å²) in [7, 11) is 0. The number of H-pyrrole nitrogens is 1. The van der Waals surface area contributed by atoms with Crippen molar-refractivity contribution in [1.82, 2.24) is 25.1 Å². The number of aromatic amines is 1. The third-order valence-electron chi connectivity index (χ3n) is 7.20. The molecule has 11 nitrogen and oxygen atoms in total. The number of hydrogen-bond acceptors (Lipinski definition) is 8. The van der Waals surface area contributed by atoms with Gasteiger partial charge in [0.15, 0.2) is 11.5 Å². The van der Waals surface area contributed by atoms with E-state index in [-0.39, 0.29) is 24.0 Å². The smallest absolute Gasteiger partial charge is 0.256 e. The molecule has 2 atom stereocenters. The molecule has 4 aromatic rings. The number of hydrogen-bond donors (Lipinski definition) is 3. The summed E-state index contributed by atoms with van der Waals surface area (Å²) in [6.45, 7) is 3.92. The summed E-state index contributed by atoms with van der Waals surface area (Å²) in [4.78, 5) is 36.0. The SMILES string of the molecule is Cc1ccnc(NC(=O)c2ccc(Oc3ccnc4[nH]nc(N[C@@H]5CCCN(C(=O)[C@@H]6CCCO6)C5)c34)cc2)c1. The second-order valence-electron chi connectivity index (χ2n) is 10.2. The fourth-order valence-corrected chi connectivity index (χ4v) is 5.17. The van der Waals surface area contributed by atoms with Gasteiger partial charge in [-0.3, -0.25) is 14.7 Å². The number of aryl methyl sites for hydroxylation is 1. The zero-order chi connectivity index (χ0) is 27.5. The van der Waals surface area contributed by atoms with Gasteiger partial charge in [0, 0.05) is 49.8 Å². The molecule has 206 valence electrons. The van der Waals surface area contributed by atoms with Gasteiger partial charge in [0.05, 0.1) is 0 Å². The summed E-state index contributed by atoms with van der Waals surface area (Å²) in [6, 6.07) is 12.4. The lowest BCUT2D eigenvalue weighted by atomic mass is 10.0. The molecule has 0 unspecified atom stereocenters. The first kappa shape index (κ1) is 25.8. The lowest BCUT2D eigenvalue weighted by Gasteiger charge is -2.34. The molecule has 0 aliphatic carbocycles. The van der Waals surface area contributed by atoms with Crippen molar-refractivity contribution in [3.05, 3.63) is 66.0 Å². The van der Waals surface area contributed by atoms with Gasteiger partial charge in [-0.1, -0.05) is 0 Å². The number of rotatable bonds is 7. The Morgan fingerprint density at radius 2 is 1.93 bits per heavy atom. The molecule has 2 aliphatic rings. The van der Waals surface area contributed by atoms with E-state index in [0.29, 0.717) is 47.5 Å². The van der Waals surface area contributed by atoms with Crippen LogP contribution in [0, 0.1) is 6.92 Å². The van der Waals surface area contributed by atoms with E-state index < -0.39 is 0 Å². The molecule has 0 saturated carbocycles. The summed E-state index contributed by atoms with van der Waals surface area (Å²) < 4.78 is 11.8. The molecule has 2 aliphatic heterocycles. The second-order valence-corrected chi connectivity index (χ2v) is 10.2. The Hall–Kier alpha value is -4.51. The van der Waals surface area contributed by atoms with Crippen LogP contribution < -0.4 is 15.4 Å². The van der Waals surface area contributed by atoms with E-state index in [1.807, 2.05) is 24.0 Å². The summed E-state index contributed by atoms with van der Waals surface area (Å²) in [6.07, 6.45) is 6.54. The molecule has 11 heteroatoms. The Kier molecular flexibility index (Phi) is 7.28. The van der Waals surface area contributed by atoms with Crippen LogP contribution in [0.15, 0.2) is 54.9 Å². The van der Waals surface area contributed by atoms with Gasteiger partial charge in [0.1, 0.15) is 28.8 Å². The van der Waals surface area contributed by atoms with Crippen LogP contribution in [0.3, 0.4) is 0 Å². The fraction of sp³-hybridized carbons (Fsp3) is 0.345. The third-order valence-corrected chi connectivity index (χ3v) is 7.20. The third kappa shape index (κ3) is 5.59. The number of aromatic nitrogens is 4. The summed E-state index contributed by atoms with van der Waals surface area (Å²) >= 11 is 0. The summed E-state index contributed by atoms with van der Waals surface area (Å²) in [5.41, 5.74) is 2.09. The van der Waals surface area contributed by atoms with Gasteiger partial charge in [-0.15, -0.1) is 0 Å². The van der Waals surface area contributed by atoms with Crippen molar-refractivity contribution in [2.45, 2.75) is 44.8 Å². The molecular weight excluding hydrogens is 510 g/mol. The quantitative estimate of drug-likeness (QED) is 0.316. The van der Waals surface area contributed by atoms with Crippen molar-refractivity contribution >= 4 is 34.5 Å². The highest BCUT2D eigenvalue weighted by atomic mass is 16.5. The van der Waals surface area contributed by atoms with E-state index in [1.54, 1.807) is 42.7 Å². The number of nitrogens with one attached hydrogen (secondary N) is 3. The van der Waals surface area contributed by atoms with Crippen LogP contribution in [0.1, 0.15) is 41.6 Å². The molecule has 0 radical (unpaired) electrons. The summed E-state index contributed by atoms with van der Waals surface area (Å²) in [5.74, 6) is 2.09. The highest BCUT2D eigenvalue weighted by molar-refractivity contribution is 6.03. The maximum Gasteiger partial charge on any atom is 0.256 e. The number of carbonyl (C=O) groups excluding carboxylic acids is 2. The van der Waals surface area contributed by atoms with Crippen LogP contribution >= 0.6 is 0 Å². The van der Waals surface area contributed by atoms with Gasteiger partial charge < -0.3 is 25.0 Å². The molecule has 2 fully saturated rings. The monoisotopic (exact) mass is 541 g/mol. The van der Waals surface area contributed by atoms with Crippen LogP contribution in [0.25, 0.3) is 11.0 Å². The standard InChI is InChI=1S/C29H31N7O4/c1-18-10-12-30-24(16-18)33-28(37)19-6-8-21(9-7-19)40-22-11-13-31-26-25(22)27(35-34-26)32-20-4-2-14-36(17-20)29(38)23-5-3-15-39-23/h6-13,16,20,23H,2-5,14-15,17H2,1H3,(H,30,33,37)(H2,31,32,34,35)/t20-,23+/m1/s1. The molecule has 2 amide bonds. The second kappa shape index (κ2) is 11.3. The maximum absolute atomic E-state index is 12.9. The molecule has 2 saturated heterocycles. The highest BCUT2D eigenvalue weighted by Gasteiger charge is 2.32. The van der Waals surface area contributed by atoms with E-state index in [9.17, 15) is 9.59 Å². The van der Waals surface area contributed by atoms with Gasteiger partial charge in [-0.25, -0.2) is 9.97 Å². The number of likely N-dealkylation sites (tertiary alicyclic amines) is 1. The first-order chi connectivity index (χ1) is 19.5. The molecule has 40 heavy (non-hydrogen) atoms. The van der Waals surface area contributed by atoms with Crippen LogP contribution in [-0.4, -0.2) is 68.7 Å². The number of ether oxygens (including phenoxy) is 2. The number of fused-ring (bicyclic) bond motifs is 1. The van der Waals surface area contributed by atoms with Crippen molar-refractivity contribution in [2.24, 2.45) is 0 Å². The number of benzene rings is 1. The van der Waals surface area contributed by atoms with Crippen molar-refractivity contribution in [1.29, 1.82) is 0 Å². The Balaban J connectivity index is 1.14. The number of piperidine rings is 1. The number of pyridine rings is 2. The molecule has 3 N–H and O–H groups in total. The fourth-order valence-electron chi connectivity index (χ4n) is 5.17. The van der Waals surface area contributed by atoms with Gasteiger partial charge >= 0.3 is 0 Å². The minimum absolute atomic E-state index is 0.0411. The van der Waals surface area contributed by atoms with Crippen molar-refractivity contribution in [3.63, 3.8) is 0 Å². The Morgan fingerprint density at radius 1 is 1.07 bits per heavy atom. The zero-order valence-corrected chi connectivity index (χ0v) is 22.2. The van der Waals surface area contributed by atoms with Crippen LogP contribution in [0.2, 0.25) is 0 Å². The number of carbonyl (C=O) groups is 2. The lowest BCUT2D eigenvalue weighted by molar-refractivity contribution is -0.142. The predicted octanol–water partition coefficient (Wildman–Crippen LogP) is 4.29. The Morgan fingerprint density at radius 3 is 2.73 bits per heavy atom. The van der Waals surface area contributed by atoms with Crippen LogP contribution in [-0.2, 0) is 9.53 Å². The highest BCUT2D eigenvalue weighted by Crippen LogP contribution is 2.34. The predicted molar refractivity (Wildman–Crippen MR) is 150 cm³/mol. The lowest BCUT2D eigenvalue weighted by Crippen LogP contribution is -2.48. The van der Waals surface area contributed by atoms with Crippen LogP contribution in [0.5, 0.6) is 11.5 Å². The van der Waals surface area contributed by atoms with Gasteiger partial charge in [0.25, 0.3) is 11.8 Å². The molecule has 6 rings (SSSR count). The molecular formula is C29H31N7O4. The molecule has 1 aromatic carbocycles. The average molecular weight is 542 g/mol. The van der Waals surface area contributed by atoms with E-state index in [0.717, 1.165) is 43.2 Å². The summed E-state index contributed by atoms with van der Waals surface area (Å²) in [5, 5.41) is 14.5. The first-order valence-corrected chi connectivity index (χ1v) is 13.6. The van der Waals surface area contributed by atoms with Crippen LogP contribution in [0.4, 0.5) is 11.6 Å². The largest absolute Gasteiger partial charge is 0.456 e. The molecule has 0 bridgehead atoms. The van der Waals surface area contributed by atoms with Gasteiger partial charge in [-0.05, 0) is 74.6 Å². The Bertz CT molecular complexity index is 1510. The molecule has 5 heterocycles. The topological polar surface area (TPSA) is 134 Å². The van der Waals surface area contributed by atoms with Crippen molar-refractivity contribution in [3.8, 4) is 11.5 Å². The van der Waals surface area contributed by atoms with Crippen molar-refractivity contribution in [2.75, 3.05) is 30.3 Å². The van der Waals surface area contributed by atoms with Gasteiger partial charge in [-0.2, -0.15) is 5.10 Å². The van der Waals surface area contributed by atoms with E-state index in [2.05, 4.69) is 30.8 Å². The molecule has 3 aromatic heterocycles. The minimum atomic E-state index is -0.314. The number of anilines is 2. The minimum Gasteiger partial charge on any atom is -0.456 e. The molecule has 0 spiro atoms. The number of nitrogens with zero attached hydrogens (tertiary/aromatic N) is 4.